The van der Waals surface area contributed by atoms with Gasteiger partial charge >= 0.3 is 0 Å². The van der Waals surface area contributed by atoms with Gasteiger partial charge in [0.1, 0.15) is 11.8 Å². The van der Waals surface area contributed by atoms with Gasteiger partial charge < -0.3 is 14.8 Å². The molecule has 4 rings (SSSR count). The van der Waals surface area contributed by atoms with Crippen LogP contribution >= 0.6 is 11.3 Å². The van der Waals surface area contributed by atoms with Gasteiger partial charge in [0.2, 0.25) is 5.91 Å². The van der Waals surface area contributed by atoms with Crippen molar-refractivity contribution in [3.8, 4) is 11.3 Å². The monoisotopic (exact) mass is 334 g/mol. The first-order valence-electron chi connectivity index (χ1n) is 7.77. The number of amides is 1. The molecule has 122 valence electrons. The summed E-state index contributed by atoms with van der Waals surface area (Å²) in [6.07, 6.45) is 1.36. The summed E-state index contributed by atoms with van der Waals surface area (Å²) in [7, 11) is 0. The molecule has 4 heterocycles. The smallest absolute Gasteiger partial charge is 0.249 e. The second-order valence-electron chi connectivity index (χ2n) is 5.76. The first-order valence-corrected chi connectivity index (χ1v) is 8.71. The van der Waals surface area contributed by atoms with E-state index in [4.69, 9.17) is 9.47 Å². The summed E-state index contributed by atoms with van der Waals surface area (Å²) in [6.45, 7) is 2.19. The van der Waals surface area contributed by atoms with Crippen LogP contribution in [0.5, 0.6) is 0 Å². The standard InChI is InChI=1S/C15H18N4O3S/c20-15(13-2-1-4-21-13)16-6-11-7-19-12(8-22-11)14(17-18-19)10-3-5-23-9-10/h3,5,9,11,13H,1-2,4,6-8H2,(H,16,20)/t11-,13+/m0/s1. The van der Waals surface area contributed by atoms with Gasteiger partial charge in [0.05, 0.1) is 24.9 Å². The van der Waals surface area contributed by atoms with E-state index in [1.165, 1.54) is 0 Å². The maximum atomic E-state index is 12.0. The highest BCUT2D eigenvalue weighted by Gasteiger charge is 2.27. The maximum absolute atomic E-state index is 12.0. The molecule has 7 nitrogen and oxygen atoms in total. The van der Waals surface area contributed by atoms with Crippen LogP contribution < -0.4 is 5.32 Å². The largest absolute Gasteiger partial charge is 0.368 e. The first-order chi connectivity index (χ1) is 11.3. The molecule has 1 saturated heterocycles. The molecule has 2 aliphatic rings. The van der Waals surface area contributed by atoms with Crippen LogP contribution in [0, 0.1) is 0 Å². The minimum Gasteiger partial charge on any atom is -0.368 e. The Bertz CT molecular complexity index is 679. The molecule has 0 aromatic carbocycles. The van der Waals surface area contributed by atoms with Gasteiger partial charge in [0.25, 0.3) is 0 Å². The minimum absolute atomic E-state index is 0.0468. The zero-order valence-electron chi connectivity index (χ0n) is 12.6. The average Bonchev–Trinajstić information content (AvgIpc) is 3.32. The molecule has 0 spiro atoms. The number of thiophene rings is 1. The third-order valence-corrected chi connectivity index (χ3v) is 4.87. The first kappa shape index (κ1) is 14.8. The van der Waals surface area contributed by atoms with Crippen LogP contribution in [0.1, 0.15) is 18.5 Å². The van der Waals surface area contributed by atoms with Crippen LogP contribution in [0.2, 0.25) is 0 Å². The van der Waals surface area contributed by atoms with E-state index in [1.807, 2.05) is 16.1 Å². The lowest BCUT2D eigenvalue weighted by molar-refractivity contribution is -0.131. The van der Waals surface area contributed by atoms with Gasteiger partial charge in [0.15, 0.2) is 0 Å². The van der Waals surface area contributed by atoms with E-state index in [0.717, 1.165) is 29.8 Å². The Morgan fingerprint density at radius 2 is 2.43 bits per heavy atom. The number of hydrogen-bond donors (Lipinski definition) is 1. The van der Waals surface area contributed by atoms with Crippen molar-refractivity contribution < 1.29 is 14.3 Å². The molecule has 0 radical (unpaired) electrons. The summed E-state index contributed by atoms with van der Waals surface area (Å²) in [6, 6.07) is 2.03. The molecule has 2 aliphatic heterocycles. The maximum Gasteiger partial charge on any atom is 0.249 e. The molecule has 1 N–H and O–H groups in total. The SMILES string of the molecule is O=C(NC[C@H]1Cn2nnc(-c3ccsc3)c2CO1)[C@H]1CCCO1. The third-order valence-electron chi connectivity index (χ3n) is 4.19. The molecule has 0 unspecified atom stereocenters. The number of nitrogens with one attached hydrogen (secondary N) is 1. The van der Waals surface area contributed by atoms with E-state index >= 15 is 0 Å². The Hall–Kier alpha value is -1.77. The second kappa shape index (κ2) is 6.38. The number of carbonyl (C=O) groups excluding carboxylic acids is 1. The summed E-state index contributed by atoms with van der Waals surface area (Å²) in [5, 5.41) is 15.5. The molecular formula is C15H18N4O3S. The van der Waals surface area contributed by atoms with Gasteiger partial charge in [-0.05, 0) is 24.3 Å². The molecule has 8 heteroatoms. The number of nitrogens with zero attached hydrogens (tertiary/aromatic N) is 3. The van der Waals surface area contributed by atoms with E-state index < -0.39 is 0 Å². The molecule has 0 saturated carbocycles. The Kier molecular flexibility index (Phi) is 4.11. The zero-order valence-corrected chi connectivity index (χ0v) is 13.4. The third kappa shape index (κ3) is 3.01. The van der Waals surface area contributed by atoms with Gasteiger partial charge in [-0.2, -0.15) is 11.3 Å². The Morgan fingerprint density at radius 3 is 3.22 bits per heavy atom. The summed E-state index contributed by atoms with van der Waals surface area (Å²) < 4.78 is 13.1. The van der Waals surface area contributed by atoms with Crippen LogP contribution in [0.4, 0.5) is 0 Å². The fraction of sp³-hybridized carbons (Fsp3) is 0.533. The Balaban J connectivity index is 1.37. The number of carbonyl (C=O) groups is 1. The molecule has 1 fully saturated rings. The van der Waals surface area contributed by atoms with Crippen molar-refractivity contribution in [3.63, 3.8) is 0 Å². The van der Waals surface area contributed by atoms with Crippen molar-refractivity contribution in [2.24, 2.45) is 0 Å². The summed E-state index contributed by atoms with van der Waals surface area (Å²) >= 11 is 1.64. The van der Waals surface area contributed by atoms with Crippen LogP contribution in [-0.2, 0) is 27.4 Å². The summed E-state index contributed by atoms with van der Waals surface area (Å²) in [4.78, 5) is 12.0. The molecular weight excluding hydrogens is 316 g/mol. The fourth-order valence-electron chi connectivity index (χ4n) is 2.92. The minimum atomic E-state index is -0.300. The van der Waals surface area contributed by atoms with Crippen LogP contribution in [-0.4, -0.2) is 46.3 Å². The van der Waals surface area contributed by atoms with Crippen molar-refractivity contribution >= 4 is 17.2 Å². The highest BCUT2D eigenvalue weighted by Crippen LogP contribution is 2.26. The summed E-state index contributed by atoms with van der Waals surface area (Å²) in [5.41, 5.74) is 2.95. The van der Waals surface area contributed by atoms with Crippen molar-refractivity contribution in [3.05, 3.63) is 22.5 Å². The lowest BCUT2D eigenvalue weighted by atomic mass is 10.2. The predicted molar refractivity (Wildman–Crippen MR) is 83.9 cm³/mol. The van der Waals surface area contributed by atoms with Gasteiger partial charge in [-0.1, -0.05) is 5.21 Å². The molecule has 0 aliphatic carbocycles. The van der Waals surface area contributed by atoms with Crippen molar-refractivity contribution in [1.82, 2.24) is 20.3 Å². The zero-order chi connectivity index (χ0) is 15.6. The van der Waals surface area contributed by atoms with E-state index in [2.05, 4.69) is 21.0 Å². The lowest BCUT2D eigenvalue weighted by Crippen LogP contribution is -2.42. The molecule has 23 heavy (non-hydrogen) atoms. The van der Waals surface area contributed by atoms with Crippen LogP contribution in [0.15, 0.2) is 16.8 Å². The van der Waals surface area contributed by atoms with E-state index in [0.29, 0.717) is 26.3 Å². The number of hydrogen-bond acceptors (Lipinski definition) is 6. The summed E-state index contributed by atoms with van der Waals surface area (Å²) in [5.74, 6) is -0.0468. The number of fused-ring (bicyclic) bond motifs is 1. The molecule has 2 aromatic rings. The van der Waals surface area contributed by atoms with Gasteiger partial charge in [-0.3, -0.25) is 4.79 Å². The number of ether oxygens (including phenoxy) is 2. The fourth-order valence-corrected chi connectivity index (χ4v) is 3.56. The van der Waals surface area contributed by atoms with Crippen LogP contribution in [0.25, 0.3) is 11.3 Å². The van der Waals surface area contributed by atoms with Crippen molar-refractivity contribution in [2.45, 2.75) is 38.2 Å². The lowest BCUT2D eigenvalue weighted by Gasteiger charge is -2.24. The number of aromatic nitrogens is 3. The quantitative estimate of drug-likeness (QED) is 0.909. The van der Waals surface area contributed by atoms with Crippen molar-refractivity contribution in [1.29, 1.82) is 0 Å². The highest BCUT2D eigenvalue weighted by molar-refractivity contribution is 7.08. The van der Waals surface area contributed by atoms with E-state index in [1.54, 1.807) is 11.3 Å². The normalized spacial score (nSPS) is 23.7. The van der Waals surface area contributed by atoms with Gasteiger partial charge in [-0.15, -0.1) is 5.10 Å². The predicted octanol–water partition coefficient (Wildman–Crippen LogP) is 1.20. The Morgan fingerprint density at radius 1 is 1.48 bits per heavy atom. The topological polar surface area (TPSA) is 78.3 Å². The Labute approximate surface area is 137 Å². The molecule has 1 amide bonds. The van der Waals surface area contributed by atoms with E-state index in [-0.39, 0.29) is 18.1 Å². The van der Waals surface area contributed by atoms with Gasteiger partial charge in [-0.25, -0.2) is 4.68 Å². The molecule has 0 bridgehead atoms. The van der Waals surface area contributed by atoms with E-state index in [9.17, 15) is 4.79 Å². The van der Waals surface area contributed by atoms with Crippen molar-refractivity contribution in [2.75, 3.05) is 13.2 Å². The van der Waals surface area contributed by atoms with Crippen LogP contribution in [0.3, 0.4) is 0 Å². The number of rotatable bonds is 4. The highest BCUT2D eigenvalue weighted by atomic mass is 32.1. The molecule has 2 aromatic heterocycles. The average molecular weight is 334 g/mol. The van der Waals surface area contributed by atoms with Gasteiger partial charge in [0, 0.05) is 24.1 Å². The molecule has 2 atom stereocenters. The second-order valence-corrected chi connectivity index (χ2v) is 6.54.